The number of hydrogen-bond donors (Lipinski definition) is 1. The molecule has 1 aliphatic rings. The molecule has 9 nitrogen and oxygen atoms in total. The number of nitrogens with zero attached hydrogens (tertiary/aromatic N) is 1. The van der Waals surface area contributed by atoms with Crippen LogP contribution >= 0.6 is 0 Å². The van der Waals surface area contributed by atoms with Crippen molar-refractivity contribution in [1.82, 2.24) is 10.2 Å². The highest BCUT2D eigenvalue weighted by atomic mass is 32.2. The summed E-state index contributed by atoms with van der Waals surface area (Å²) in [5, 5.41) is 0.973. The van der Waals surface area contributed by atoms with Gasteiger partial charge in [-0.2, -0.15) is 0 Å². The fourth-order valence-electron chi connectivity index (χ4n) is 4.44. The van der Waals surface area contributed by atoms with Gasteiger partial charge in [0, 0.05) is 5.56 Å². The summed E-state index contributed by atoms with van der Waals surface area (Å²) in [5.74, 6) is -2.37. The summed E-state index contributed by atoms with van der Waals surface area (Å²) in [7, 11) is -4.17. The Kier molecular flexibility index (Phi) is 8.74. The van der Waals surface area contributed by atoms with Crippen LogP contribution in [0, 0.1) is 5.82 Å². The van der Waals surface area contributed by atoms with E-state index < -0.39 is 68.7 Å². The molecule has 3 unspecified atom stereocenters. The van der Waals surface area contributed by atoms with E-state index >= 15 is 4.39 Å². The van der Waals surface area contributed by atoms with E-state index in [1.807, 2.05) is 0 Å². The van der Waals surface area contributed by atoms with Gasteiger partial charge >= 0.3 is 12.1 Å². The molecular formula is C28H35FN2O7S. The van der Waals surface area contributed by atoms with Crippen LogP contribution in [-0.2, 0) is 28.9 Å². The normalized spacial score (nSPS) is 19.9. The molecule has 2 aromatic carbocycles. The molecule has 3 rings (SSSR count). The molecule has 2 aromatic rings. The topological polar surface area (TPSA) is 119 Å². The minimum Gasteiger partial charge on any atom is -0.458 e. The standard InChI is InChI=1S/C28H35FN2O7S/c1-27(2,3)37-25(33)21-16-22(39(35,36)18-12-8-7-9-13-18)24(19-14-10-11-15-20(19)29)31(21)23(32)17-30-26(34)38-28(4,5)6/h7-15,21-22,24H,16-17H2,1-6H3,(H,30,34). The molecule has 0 bridgehead atoms. The van der Waals surface area contributed by atoms with Gasteiger partial charge in [-0.25, -0.2) is 22.4 Å². The van der Waals surface area contributed by atoms with E-state index in [0.717, 1.165) is 11.0 Å². The Balaban J connectivity index is 2.11. The van der Waals surface area contributed by atoms with Crippen LogP contribution in [0.1, 0.15) is 59.6 Å². The lowest BCUT2D eigenvalue weighted by atomic mass is 10.0. The summed E-state index contributed by atoms with van der Waals surface area (Å²) in [6, 6.07) is 10.4. The van der Waals surface area contributed by atoms with E-state index in [9.17, 15) is 22.8 Å². The predicted octanol–water partition coefficient (Wildman–Crippen LogP) is 4.18. The second-order valence-corrected chi connectivity index (χ2v) is 13.5. The van der Waals surface area contributed by atoms with Crippen molar-refractivity contribution in [3.05, 3.63) is 66.0 Å². The number of carbonyl (C=O) groups is 3. The summed E-state index contributed by atoms with van der Waals surface area (Å²) in [6.45, 7) is 9.27. The summed E-state index contributed by atoms with van der Waals surface area (Å²) in [5.41, 5.74) is -1.84. The smallest absolute Gasteiger partial charge is 0.408 e. The molecule has 11 heteroatoms. The molecule has 3 atom stereocenters. The van der Waals surface area contributed by atoms with Crippen molar-refractivity contribution in [2.24, 2.45) is 0 Å². The summed E-state index contributed by atoms with van der Waals surface area (Å²) < 4.78 is 53.7. The van der Waals surface area contributed by atoms with Crippen molar-refractivity contribution >= 4 is 27.8 Å². The molecule has 2 amide bonds. The van der Waals surface area contributed by atoms with Crippen molar-refractivity contribution in [1.29, 1.82) is 0 Å². The molecule has 0 aliphatic carbocycles. The summed E-state index contributed by atoms with van der Waals surface area (Å²) in [4.78, 5) is 40.2. The zero-order valence-corrected chi connectivity index (χ0v) is 23.8. The molecule has 1 heterocycles. The lowest BCUT2D eigenvalue weighted by molar-refractivity contribution is -0.164. The first kappa shape index (κ1) is 30.1. The van der Waals surface area contributed by atoms with E-state index in [4.69, 9.17) is 9.47 Å². The number of amides is 2. The maximum atomic E-state index is 15.2. The molecule has 39 heavy (non-hydrogen) atoms. The molecule has 1 saturated heterocycles. The first-order valence-corrected chi connectivity index (χ1v) is 14.1. The third-order valence-electron chi connectivity index (χ3n) is 5.89. The lowest BCUT2D eigenvalue weighted by Crippen LogP contribution is -2.49. The van der Waals surface area contributed by atoms with Gasteiger partial charge < -0.3 is 19.7 Å². The Hall–Kier alpha value is -3.47. The van der Waals surface area contributed by atoms with Crippen LogP contribution in [0.5, 0.6) is 0 Å². The zero-order chi connectivity index (χ0) is 29.2. The van der Waals surface area contributed by atoms with Gasteiger partial charge in [0.1, 0.15) is 29.6 Å². The lowest BCUT2D eigenvalue weighted by Gasteiger charge is -2.32. The third kappa shape index (κ3) is 7.35. The van der Waals surface area contributed by atoms with E-state index in [2.05, 4.69) is 5.32 Å². The molecule has 0 radical (unpaired) electrons. The average molecular weight is 563 g/mol. The monoisotopic (exact) mass is 562 g/mol. The highest BCUT2D eigenvalue weighted by molar-refractivity contribution is 7.92. The fraction of sp³-hybridized carbons (Fsp3) is 0.464. The fourth-order valence-corrected chi connectivity index (χ4v) is 6.38. The quantitative estimate of drug-likeness (QED) is 0.525. The van der Waals surface area contributed by atoms with Crippen LogP contribution in [0.4, 0.5) is 9.18 Å². The van der Waals surface area contributed by atoms with Crippen molar-refractivity contribution in [2.45, 2.75) is 81.4 Å². The predicted molar refractivity (Wildman–Crippen MR) is 142 cm³/mol. The molecule has 0 aromatic heterocycles. The summed E-state index contributed by atoms with van der Waals surface area (Å²) >= 11 is 0. The Morgan fingerprint density at radius 2 is 1.49 bits per heavy atom. The van der Waals surface area contributed by atoms with E-state index in [-0.39, 0.29) is 16.9 Å². The Morgan fingerprint density at radius 1 is 0.923 bits per heavy atom. The van der Waals surface area contributed by atoms with Gasteiger partial charge in [-0.3, -0.25) is 4.79 Å². The molecular weight excluding hydrogens is 527 g/mol. The summed E-state index contributed by atoms with van der Waals surface area (Å²) in [6.07, 6.45) is -1.21. The number of nitrogens with one attached hydrogen (secondary N) is 1. The molecule has 0 spiro atoms. The number of sulfone groups is 1. The molecule has 0 saturated carbocycles. The van der Waals surface area contributed by atoms with Gasteiger partial charge in [-0.1, -0.05) is 36.4 Å². The minimum atomic E-state index is -4.17. The van der Waals surface area contributed by atoms with Crippen LogP contribution in [0.25, 0.3) is 0 Å². The van der Waals surface area contributed by atoms with Gasteiger partial charge in [0.2, 0.25) is 5.91 Å². The Morgan fingerprint density at radius 3 is 2.05 bits per heavy atom. The first-order chi connectivity index (χ1) is 18.0. The Bertz CT molecular complexity index is 1320. The van der Waals surface area contributed by atoms with Gasteiger partial charge in [0.05, 0.1) is 16.2 Å². The average Bonchev–Trinajstić information content (AvgIpc) is 3.23. The number of likely N-dealkylation sites (tertiary alicyclic amines) is 1. The van der Waals surface area contributed by atoms with Crippen LogP contribution in [0.15, 0.2) is 59.5 Å². The van der Waals surface area contributed by atoms with E-state index in [1.165, 1.54) is 30.3 Å². The van der Waals surface area contributed by atoms with Crippen molar-refractivity contribution in [3.63, 3.8) is 0 Å². The van der Waals surface area contributed by atoms with Crippen molar-refractivity contribution in [3.8, 4) is 0 Å². The largest absolute Gasteiger partial charge is 0.458 e. The number of hydrogen-bond acceptors (Lipinski definition) is 7. The van der Waals surface area contributed by atoms with Crippen LogP contribution < -0.4 is 5.32 Å². The maximum absolute atomic E-state index is 15.2. The number of esters is 1. The van der Waals surface area contributed by atoms with E-state index in [1.54, 1.807) is 59.7 Å². The highest BCUT2D eigenvalue weighted by Gasteiger charge is 2.54. The van der Waals surface area contributed by atoms with Crippen molar-refractivity contribution < 1.29 is 36.7 Å². The molecule has 212 valence electrons. The molecule has 1 N–H and O–H groups in total. The molecule has 1 fully saturated rings. The van der Waals surface area contributed by atoms with Crippen molar-refractivity contribution in [2.75, 3.05) is 6.54 Å². The number of halogens is 1. The van der Waals surface area contributed by atoms with Gasteiger partial charge in [-0.05, 0) is 66.2 Å². The second kappa shape index (κ2) is 11.3. The Labute approximate surface area is 228 Å². The third-order valence-corrected chi connectivity index (χ3v) is 8.06. The number of ether oxygens (including phenoxy) is 2. The SMILES string of the molecule is CC(C)(C)OC(=O)NCC(=O)N1C(C(=O)OC(C)(C)C)CC(S(=O)(=O)c2ccccc2)C1c1ccccc1F. The van der Waals surface area contributed by atoms with E-state index in [0.29, 0.717) is 0 Å². The second-order valence-electron chi connectivity index (χ2n) is 11.3. The van der Waals surface area contributed by atoms with Gasteiger partial charge in [-0.15, -0.1) is 0 Å². The van der Waals surface area contributed by atoms with Crippen LogP contribution in [-0.4, -0.2) is 60.3 Å². The first-order valence-electron chi connectivity index (χ1n) is 12.6. The number of alkyl carbamates (subject to hydrolysis) is 1. The number of benzene rings is 2. The molecule has 1 aliphatic heterocycles. The zero-order valence-electron chi connectivity index (χ0n) is 22.9. The maximum Gasteiger partial charge on any atom is 0.408 e. The number of rotatable bonds is 6. The van der Waals surface area contributed by atoms with Gasteiger partial charge in [0.15, 0.2) is 9.84 Å². The van der Waals surface area contributed by atoms with Crippen LogP contribution in [0.3, 0.4) is 0 Å². The van der Waals surface area contributed by atoms with Crippen LogP contribution in [0.2, 0.25) is 0 Å². The number of carbonyl (C=O) groups excluding carboxylic acids is 3. The highest BCUT2D eigenvalue weighted by Crippen LogP contribution is 2.44. The van der Waals surface area contributed by atoms with Gasteiger partial charge in [0.25, 0.3) is 0 Å². The minimum absolute atomic E-state index is 0.0274.